The molecule has 0 aromatic heterocycles. The molecule has 0 aromatic rings. The first kappa shape index (κ1) is 49.8. The zero-order valence-corrected chi connectivity index (χ0v) is 34.2. The molecule has 8 heteroatoms. The van der Waals surface area contributed by atoms with Crippen molar-refractivity contribution in [3.05, 3.63) is 72.9 Å². The summed E-state index contributed by atoms with van der Waals surface area (Å²) in [6, 6.07) is -0.735. The van der Waals surface area contributed by atoms with Gasteiger partial charge in [-0.15, -0.1) is 0 Å². The lowest BCUT2D eigenvalue weighted by atomic mass is 10.1. The van der Waals surface area contributed by atoms with E-state index in [-0.39, 0.29) is 49.1 Å². The highest BCUT2D eigenvalue weighted by molar-refractivity contribution is 5.70. The van der Waals surface area contributed by atoms with Crippen LogP contribution < -0.4 is 5.11 Å². The second kappa shape index (κ2) is 35.8. The Morgan fingerprint density at radius 1 is 0.566 bits per heavy atom. The quantitative estimate of drug-likeness (QED) is 0.0276. The molecule has 0 spiro atoms. The molecule has 0 N–H and O–H groups in total. The van der Waals surface area contributed by atoms with E-state index in [2.05, 4.69) is 74.6 Å². The van der Waals surface area contributed by atoms with Crippen molar-refractivity contribution in [3.63, 3.8) is 0 Å². The topological polar surface area (TPSA) is 102 Å². The van der Waals surface area contributed by atoms with Gasteiger partial charge >= 0.3 is 11.9 Å². The molecule has 0 saturated heterocycles. The molecule has 0 aliphatic carbocycles. The minimum Gasteiger partial charge on any atom is -0.544 e. The number of aliphatic carboxylic acids is 1. The van der Waals surface area contributed by atoms with Gasteiger partial charge in [-0.1, -0.05) is 132 Å². The van der Waals surface area contributed by atoms with Crippen molar-refractivity contribution in [3.8, 4) is 0 Å². The Balaban J connectivity index is 4.27. The summed E-state index contributed by atoms with van der Waals surface area (Å²) in [5.74, 6) is -1.85. The van der Waals surface area contributed by atoms with Crippen LogP contribution in [0.4, 0.5) is 0 Å². The van der Waals surface area contributed by atoms with E-state index >= 15 is 0 Å². The standard InChI is InChI=1S/C45H75NO7/c1-6-8-10-12-14-15-16-17-18-19-20-21-22-23-24-25-26-27-28-30-32-34-36-44(48)53-41(39-51-38-37-42(45(49)50)46(3,4)5)40-52-43(47)35-33-31-29-13-11-9-7-2/h8-11,14-15,17-18,20-21,29,31,41-42H,6-7,12-13,16,19,22-28,30,32-40H2,1-5H3/b10-8+,11-9+,15-14+,18-17+,21-20+,31-29+. The first-order chi connectivity index (χ1) is 25.6. The van der Waals surface area contributed by atoms with E-state index in [4.69, 9.17) is 14.2 Å². The smallest absolute Gasteiger partial charge is 0.306 e. The molecule has 0 radical (unpaired) electrons. The number of allylic oxidation sites excluding steroid dienone is 12. The summed E-state index contributed by atoms with van der Waals surface area (Å²) >= 11 is 0. The molecule has 0 rings (SSSR count). The van der Waals surface area contributed by atoms with Crippen LogP contribution in [0.3, 0.4) is 0 Å². The van der Waals surface area contributed by atoms with Crippen LogP contribution in [0.5, 0.6) is 0 Å². The number of hydrogen-bond donors (Lipinski definition) is 0. The van der Waals surface area contributed by atoms with Crippen molar-refractivity contribution in [1.29, 1.82) is 0 Å². The number of esters is 2. The lowest BCUT2D eigenvalue weighted by Gasteiger charge is -2.34. The number of ether oxygens (including phenoxy) is 3. The zero-order valence-electron chi connectivity index (χ0n) is 34.2. The number of hydrogen-bond acceptors (Lipinski definition) is 7. The molecule has 2 unspecified atom stereocenters. The molecule has 0 aromatic carbocycles. The van der Waals surface area contributed by atoms with Gasteiger partial charge < -0.3 is 28.6 Å². The molecule has 0 fully saturated rings. The van der Waals surface area contributed by atoms with Crippen LogP contribution in [0.1, 0.15) is 142 Å². The molecule has 8 nitrogen and oxygen atoms in total. The van der Waals surface area contributed by atoms with Crippen LogP contribution in [0.25, 0.3) is 0 Å². The molecule has 302 valence electrons. The van der Waals surface area contributed by atoms with E-state index in [1.807, 2.05) is 12.2 Å². The summed E-state index contributed by atoms with van der Waals surface area (Å²) < 4.78 is 17.0. The number of rotatable bonds is 35. The van der Waals surface area contributed by atoms with Gasteiger partial charge in [0.05, 0.1) is 40.3 Å². The average molecular weight is 742 g/mol. The normalized spacial score (nSPS) is 13.8. The van der Waals surface area contributed by atoms with Crippen molar-refractivity contribution < 1.29 is 38.2 Å². The Hall–Kier alpha value is -3.23. The molecule has 2 atom stereocenters. The summed E-state index contributed by atoms with van der Waals surface area (Å²) in [5.41, 5.74) is 0. The van der Waals surface area contributed by atoms with E-state index in [0.29, 0.717) is 12.8 Å². The Labute approximate surface area is 323 Å². The van der Waals surface area contributed by atoms with E-state index in [1.54, 1.807) is 21.1 Å². The Morgan fingerprint density at radius 3 is 1.55 bits per heavy atom. The second-order valence-corrected chi connectivity index (χ2v) is 14.5. The van der Waals surface area contributed by atoms with Crippen molar-refractivity contribution in [1.82, 2.24) is 0 Å². The minimum atomic E-state index is -1.14. The van der Waals surface area contributed by atoms with Gasteiger partial charge in [0.2, 0.25) is 0 Å². The average Bonchev–Trinajstić information content (AvgIpc) is 3.11. The second-order valence-electron chi connectivity index (χ2n) is 14.5. The molecule has 0 bridgehead atoms. The number of unbranched alkanes of at least 4 members (excludes halogenated alkanes) is 9. The summed E-state index contributed by atoms with van der Waals surface area (Å²) in [4.78, 5) is 36.5. The van der Waals surface area contributed by atoms with Crippen LogP contribution >= 0.6 is 0 Å². The van der Waals surface area contributed by atoms with Gasteiger partial charge in [0, 0.05) is 19.3 Å². The predicted molar refractivity (Wildman–Crippen MR) is 217 cm³/mol. The van der Waals surface area contributed by atoms with Crippen LogP contribution in [-0.4, -0.2) is 75.5 Å². The molecular weight excluding hydrogens is 666 g/mol. The van der Waals surface area contributed by atoms with Crippen LogP contribution in [0, 0.1) is 0 Å². The zero-order chi connectivity index (χ0) is 39.3. The van der Waals surface area contributed by atoms with E-state index in [9.17, 15) is 19.5 Å². The predicted octanol–water partition coefficient (Wildman–Crippen LogP) is 9.46. The maximum atomic E-state index is 12.7. The highest BCUT2D eigenvalue weighted by atomic mass is 16.6. The molecule has 0 aliphatic heterocycles. The van der Waals surface area contributed by atoms with Gasteiger partial charge in [-0.25, -0.2) is 0 Å². The van der Waals surface area contributed by atoms with Crippen LogP contribution in [0.2, 0.25) is 0 Å². The number of carbonyl (C=O) groups is 3. The molecule has 0 amide bonds. The fraction of sp³-hybridized carbons (Fsp3) is 0.667. The number of carboxylic acids is 1. The van der Waals surface area contributed by atoms with E-state index in [1.165, 1.54) is 38.5 Å². The lowest BCUT2D eigenvalue weighted by Crippen LogP contribution is -2.55. The third-order valence-corrected chi connectivity index (χ3v) is 8.60. The van der Waals surface area contributed by atoms with Crippen molar-refractivity contribution in [2.45, 2.75) is 154 Å². The van der Waals surface area contributed by atoms with Crippen LogP contribution in [-0.2, 0) is 28.6 Å². The van der Waals surface area contributed by atoms with Gasteiger partial charge in [-0.3, -0.25) is 9.59 Å². The van der Waals surface area contributed by atoms with Crippen LogP contribution in [0.15, 0.2) is 72.9 Å². The first-order valence-corrected chi connectivity index (χ1v) is 20.5. The van der Waals surface area contributed by atoms with Gasteiger partial charge in [0.25, 0.3) is 0 Å². The van der Waals surface area contributed by atoms with Crippen molar-refractivity contribution in [2.75, 3.05) is 41.0 Å². The maximum absolute atomic E-state index is 12.7. The highest BCUT2D eigenvalue weighted by Crippen LogP contribution is 2.13. The molecule has 0 heterocycles. The monoisotopic (exact) mass is 742 g/mol. The Morgan fingerprint density at radius 2 is 1.04 bits per heavy atom. The number of nitrogens with zero attached hydrogens (tertiary/aromatic N) is 1. The van der Waals surface area contributed by atoms with E-state index in [0.717, 1.165) is 64.2 Å². The third kappa shape index (κ3) is 34.3. The summed E-state index contributed by atoms with van der Waals surface area (Å²) in [6.07, 6.45) is 44.0. The highest BCUT2D eigenvalue weighted by Gasteiger charge is 2.25. The van der Waals surface area contributed by atoms with Gasteiger partial charge in [-0.2, -0.15) is 0 Å². The lowest BCUT2D eigenvalue weighted by molar-refractivity contribution is -0.889. The van der Waals surface area contributed by atoms with Gasteiger partial charge in [-0.05, 0) is 64.2 Å². The number of likely N-dealkylation sites (N-methyl/N-ethyl adjacent to an activating group) is 1. The fourth-order valence-corrected chi connectivity index (χ4v) is 5.47. The van der Waals surface area contributed by atoms with Gasteiger partial charge in [0.15, 0.2) is 6.10 Å². The minimum absolute atomic E-state index is 0.0169. The summed E-state index contributed by atoms with van der Waals surface area (Å²) in [7, 11) is 5.37. The number of carboxylic acid groups (broad SMARTS) is 1. The Bertz CT molecular complexity index is 1100. The molecule has 0 saturated carbocycles. The molecule has 53 heavy (non-hydrogen) atoms. The number of carbonyl (C=O) groups excluding carboxylic acids is 3. The molecule has 0 aliphatic rings. The number of quaternary nitrogens is 1. The Kier molecular flexibility index (Phi) is 33.6. The SMILES string of the molecule is CC/C=C/C/C=C/C/C=C/C/C=C/CCCCCCCCCCCC(=O)OC(COCCC(C(=O)[O-])[N+](C)(C)C)COC(=O)CC/C=C/C/C=C/CC. The van der Waals surface area contributed by atoms with Crippen molar-refractivity contribution >= 4 is 17.9 Å². The third-order valence-electron chi connectivity index (χ3n) is 8.60. The van der Waals surface area contributed by atoms with Crippen molar-refractivity contribution in [2.24, 2.45) is 0 Å². The van der Waals surface area contributed by atoms with E-state index < -0.39 is 18.1 Å². The molecular formula is C45H75NO7. The van der Waals surface area contributed by atoms with Gasteiger partial charge in [0.1, 0.15) is 12.6 Å². The first-order valence-electron chi connectivity index (χ1n) is 20.5. The maximum Gasteiger partial charge on any atom is 0.306 e. The summed E-state index contributed by atoms with van der Waals surface area (Å²) in [6.45, 7) is 4.31. The largest absolute Gasteiger partial charge is 0.544 e. The fourth-order valence-electron chi connectivity index (χ4n) is 5.47. The summed E-state index contributed by atoms with van der Waals surface area (Å²) in [5, 5.41) is 11.6.